The molecular weight excluding hydrogens is 324 g/mol. The first-order valence-electron chi connectivity index (χ1n) is 8.59. The van der Waals surface area contributed by atoms with E-state index in [0.717, 1.165) is 18.4 Å². The highest BCUT2D eigenvalue weighted by molar-refractivity contribution is 5.95. The smallest absolute Gasteiger partial charge is 0.282 e. The Balaban J connectivity index is 1.92. The minimum Gasteiger partial charge on any atom is -0.331 e. The monoisotopic (exact) mass is 347 g/mol. The van der Waals surface area contributed by atoms with E-state index in [1.807, 2.05) is 18.2 Å². The van der Waals surface area contributed by atoms with Crippen molar-refractivity contribution in [3.8, 4) is 0 Å². The number of halogens is 2. The maximum Gasteiger partial charge on any atom is 0.282 e. The number of carbonyl (C=O) groups excluding carboxylic acids is 1. The fourth-order valence-corrected chi connectivity index (χ4v) is 3.16. The lowest BCUT2D eigenvalue weighted by Gasteiger charge is -2.24. The molecule has 0 aliphatic heterocycles. The molecule has 1 aliphatic rings. The summed E-state index contributed by atoms with van der Waals surface area (Å²) in [6, 6.07) is 8.13. The summed E-state index contributed by atoms with van der Waals surface area (Å²) in [5.74, 6) is -0.0215. The highest BCUT2D eigenvalue weighted by atomic mass is 19.3. The van der Waals surface area contributed by atoms with Crippen LogP contribution in [0.15, 0.2) is 30.5 Å². The van der Waals surface area contributed by atoms with Crippen molar-refractivity contribution < 1.29 is 13.6 Å². The number of nitrogens with zero attached hydrogens (tertiary/aromatic N) is 3. The van der Waals surface area contributed by atoms with Crippen molar-refractivity contribution in [1.82, 2.24) is 14.7 Å². The van der Waals surface area contributed by atoms with E-state index >= 15 is 0 Å². The second kappa shape index (κ2) is 6.94. The van der Waals surface area contributed by atoms with E-state index in [-0.39, 0.29) is 17.5 Å². The number of aryl methyl sites for hydroxylation is 1. The Bertz CT molecular complexity index is 766. The molecule has 6 heteroatoms. The van der Waals surface area contributed by atoms with Gasteiger partial charge in [-0.25, -0.2) is 8.78 Å². The molecule has 3 rings (SSSR count). The van der Waals surface area contributed by atoms with Crippen LogP contribution in [-0.2, 0) is 13.6 Å². The molecule has 0 N–H and O–H groups in total. The van der Waals surface area contributed by atoms with E-state index in [1.54, 1.807) is 11.9 Å². The lowest BCUT2D eigenvalue weighted by atomic mass is 9.97. The molecule has 2 aromatic rings. The maximum absolute atomic E-state index is 13.2. The van der Waals surface area contributed by atoms with Gasteiger partial charge in [-0.05, 0) is 29.9 Å². The highest BCUT2D eigenvalue weighted by Crippen LogP contribution is 2.33. The van der Waals surface area contributed by atoms with Gasteiger partial charge in [0.25, 0.3) is 12.3 Å². The van der Waals surface area contributed by atoms with Crippen molar-refractivity contribution in [1.29, 1.82) is 0 Å². The predicted molar refractivity (Wildman–Crippen MR) is 91.6 cm³/mol. The van der Waals surface area contributed by atoms with Gasteiger partial charge in [-0.1, -0.05) is 38.1 Å². The van der Waals surface area contributed by atoms with E-state index in [0.29, 0.717) is 12.5 Å². The summed E-state index contributed by atoms with van der Waals surface area (Å²) in [5.41, 5.74) is 1.82. The van der Waals surface area contributed by atoms with Crippen LogP contribution < -0.4 is 0 Å². The van der Waals surface area contributed by atoms with Gasteiger partial charge >= 0.3 is 0 Å². The van der Waals surface area contributed by atoms with Crippen molar-refractivity contribution >= 4 is 5.91 Å². The quantitative estimate of drug-likeness (QED) is 0.782. The van der Waals surface area contributed by atoms with Crippen LogP contribution in [0.4, 0.5) is 8.78 Å². The zero-order chi connectivity index (χ0) is 18.1. The Hall–Kier alpha value is -2.24. The first-order valence-corrected chi connectivity index (χ1v) is 8.59. The molecule has 4 nitrogen and oxygen atoms in total. The number of rotatable bonds is 6. The van der Waals surface area contributed by atoms with Gasteiger partial charge in [0.05, 0.1) is 5.56 Å². The van der Waals surface area contributed by atoms with Crippen LogP contribution in [0.25, 0.3) is 0 Å². The SMILES string of the molecule is CC(C)c1ccccc1CN(C(=O)c1cn(C)nc1C(F)F)C1CC1. The van der Waals surface area contributed by atoms with E-state index in [2.05, 4.69) is 25.0 Å². The molecule has 1 heterocycles. The summed E-state index contributed by atoms with van der Waals surface area (Å²) in [7, 11) is 1.55. The molecule has 0 bridgehead atoms. The van der Waals surface area contributed by atoms with E-state index < -0.39 is 12.1 Å². The Morgan fingerprint density at radius 1 is 1.32 bits per heavy atom. The average molecular weight is 347 g/mol. The van der Waals surface area contributed by atoms with Crippen LogP contribution >= 0.6 is 0 Å². The molecule has 0 unspecified atom stereocenters. The zero-order valence-electron chi connectivity index (χ0n) is 14.7. The summed E-state index contributed by atoms with van der Waals surface area (Å²) >= 11 is 0. The fourth-order valence-electron chi connectivity index (χ4n) is 3.16. The Morgan fingerprint density at radius 3 is 2.60 bits per heavy atom. The Kier molecular flexibility index (Phi) is 4.88. The number of amides is 1. The third-order valence-corrected chi connectivity index (χ3v) is 4.56. The van der Waals surface area contributed by atoms with E-state index in [9.17, 15) is 13.6 Å². The molecule has 1 amide bonds. The summed E-state index contributed by atoms with van der Waals surface area (Å²) in [4.78, 5) is 14.7. The van der Waals surface area contributed by atoms with Crippen molar-refractivity contribution in [2.24, 2.45) is 7.05 Å². The van der Waals surface area contributed by atoms with E-state index in [1.165, 1.54) is 16.4 Å². The molecule has 0 radical (unpaired) electrons. The van der Waals surface area contributed by atoms with Gasteiger partial charge < -0.3 is 4.90 Å². The second-order valence-corrected chi connectivity index (χ2v) is 6.92. The molecule has 1 aromatic heterocycles. The van der Waals surface area contributed by atoms with Gasteiger partial charge in [-0.2, -0.15) is 5.10 Å². The first kappa shape index (κ1) is 17.6. The van der Waals surface area contributed by atoms with Crippen LogP contribution in [0.2, 0.25) is 0 Å². The molecule has 0 spiro atoms. The second-order valence-electron chi connectivity index (χ2n) is 6.92. The van der Waals surface area contributed by atoms with Crippen LogP contribution in [-0.4, -0.2) is 26.6 Å². The third-order valence-electron chi connectivity index (χ3n) is 4.56. The molecule has 1 aliphatic carbocycles. The third kappa shape index (κ3) is 3.72. The molecule has 134 valence electrons. The summed E-state index contributed by atoms with van der Waals surface area (Å²) in [6.07, 6.45) is 0.469. The molecule has 1 aromatic carbocycles. The lowest BCUT2D eigenvalue weighted by molar-refractivity contribution is 0.0717. The highest BCUT2D eigenvalue weighted by Gasteiger charge is 2.36. The van der Waals surface area contributed by atoms with Crippen molar-refractivity contribution in [3.05, 3.63) is 52.8 Å². The van der Waals surface area contributed by atoms with Crippen molar-refractivity contribution in [3.63, 3.8) is 0 Å². The fraction of sp³-hybridized carbons (Fsp3) is 0.474. The van der Waals surface area contributed by atoms with Gasteiger partial charge in [0.15, 0.2) is 0 Å². The van der Waals surface area contributed by atoms with Gasteiger partial charge in [0.1, 0.15) is 5.69 Å². The molecule has 1 saturated carbocycles. The van der Waals surface area contributed by atoms with Gasteiger partial charge in [0.2, 0.25) is 0 Å². The molecule has 25 heavy (non-hydrogen) atoms. The Morgan fingerprint density at radius 2 is 2.00 bits per heavy atom. The summed E-state index contributed by atoms with van der Waals surface area (Å²) < 4.78 is 27.7. The number of hydrogen-bond acceptors (Lipinski definition) is 2. The number of aromatic nitrogens is 2. The first-order chi connectivity index (χ1) is 11.9. The number of alkyl halides is 2. The standard InChI is InChI=1S/C19H23F2N3O/c1-12(2)15-7-5-4-6-13(15)10-24(14-8-9-14)19(25)16-11-23(3)22-17(16)18(20)21/h4-7,11-12,14,18H,8-10H2,1-3H3. The van der Waals surface area contributed by atoms with E-state index in [4.69, 9.17) is 0 Å². The van der Waals surface area contributed by atoms with Gasteiger partial charge in [0, 0.05) is 25.8 Å². The van der Waals surface area contributed by atoms with Gasteiger partial charge in [-0.3, -0.25) is 9.48 Å². The van der Waals surface area contributed by atoms with Crippen LogP contribution in [0, 0.1) is 0 Å². The Labute approximate surface area is 146 Å². The molecule has 0 saturated heterocycles. The van der Waals surface area contributed by atoms with Gasteiger partial charge in [-0.15, -0.1) is 0 Å². The zero-order valence-corrected chi connectivity index (χ0v) is 14.7. The summed E-state index contributed by atoms with van der Waals surface area (Å²) in [6.45, 7) is 4.66. The number of hydrogen-bond donors (Lipinski definition) is 0. The topological polar surface area (TPSA) is 38.1 Å². The number of carbonyl (C=O) groups is 1. The molecule has 1 fully saturated rings. The largest absolute Gasteiger partial charge is 0.331 e. The van der Waals surface area contributed by atoms with Crippen LogP contribution in [0.1, 0.15) is 66.2 Å². The summed E-state index contributed by atoms with van der Waals surface area (Å²) in [5, 5.41) is 3.77. The molecular formula is C19H23F2N3O. The normalized spacial score (nSPS) is 14.4. The average Bonchev–Trinajstić information content (AvgIpc) is 3.33. The minimum absolute atomic E-state index is 0.00595. The number of benzene rings is 1. The van der Waals surface area contributed by atoms with Crippen molar-refractivity contribution in [2.45, 2.75) is 51.6 Å². The van der Waals surface area contributed by atoms with Crippen LogP contribution in [0.3, 0.4) is 0 Å². The minimum atomic E-state index is -2.76. The lowest BCUT2D eigenvalue weighted by Crippen LogP contribution is -2.33. The van der Waals surface area contributed by atoms with Crippen molar-refractivity contribution in [2.75, 3.05) is 0 Å². The maximum atomic E-state index is 13.2. The molecule has 0 atom stereocenters. The predicted octanol–water partition coefficient (Wildman–Crippen LogP) is 4.29. The van der Waals surface area contributed by atoms with Crippen LogP contribution in [0.5, 0.6) is 0 Å².